The molecule has 0 aliphatic carbocycles. The standard InChI is InChI=1S/C14H22N2O/c1-9(2)13(14(15)17)16-8-12-10(3)6-5-7-11(12)4/h5-7,9,13,16H,8H2,1-4H3,(H2,15,17). The van der Waals surface area contributed by atoms with Crippen molar-refractivity contribution in [1.29, 1.82) is 0 Å². The maximum atomic E-state index is 11.3. The van der Waals surface area contributed by atoms with Crippen LogP contribution in [0.25, 0.3) is 0 Å². The molecule has 17 heavy (non-hydrogen) atoms. The van der Waals surface area contributed by atoms with Crippen LogP contribution in [0.5, 0.6) is 0 Å². The Bertz CT molecular complexity index is 379. The number of rotatable bonds is 5. The summed E-state index contributed by atoms with van der Waals surface area (Å²) >= 11 is 0. The minimum atomic E-state index is -0.286. The lowest BCUT2D eigenvalue weighted by Crippen LogP contribution is -2.44. The molecule has 0 heterocycles. The molecule has 0 fully saturated rings. The quantitative estimate of drug-likeness (QED) is 0.817. The molecular weight excluding hydrogens is 212 g/mol. The minimum absolute atomic E-state index is 0.205. The van der Waals surface area contributed by atoms with E-state index in [0.717, 1.165) is 0 Å². The number of benzene rings is 1. The molecule has 1 rings (SSSR count). The molecule has 0 saturated carbocycles. The fraction of sp³-hybridized carbons (Fsp3) is 0.500. The summed E-state index contributed by atoms with van der Waals surface area (Å²) in [5.41, 5.74) is 9.11. The molecule has 3 heteroatoms. The van der Waals surface area contributed by atoms with Gasteiger partial charge < -0.3 is 11.1 Å². The second-order valence-electron chi connectivity index (χ2n) is 4.88. The van der Waals surface area contributed by atoms with Gasteiger partial charge in [-0.2, -0.15) is 0 Å². The van der Waals surface area contributed by atoms with Gasteiger partial charge in [-0.3, -0.25) is 4.79 Å². The number of nitrogens with two attached hydrogens (primary N) is 1. The third-order valence-corrected chi connectivity index (χ3v) is 3.12. The summed E-state index contributed by atoms with van der Waals surface area (Å²) in [5.74, 6) is -0.0805. The highest BCUT2D eigenvalue weighted by Crippen LogP contribution is 2.13. The van der Waals surface area contributed by atoms with E-state index in [1.807, 2.05) is 19.9 Å². The minimum Gasteiger partial charge on any atom is -0.368 e. The predicted molar refractivity (Wildman–Crippen MR) is 70.6 cm³/mol. The molecule has 94 valence electrons. The average molecular weight is 234 g/mol. The molecule has 0 aromatic heterocycles. The first kappa shape index (κ1) is 13.7. The Morgan fingerprint density at radius 1 is 1.29 bits per heavy atom. The van der Waals surface area contributed by atoms with Crippen molar-refractivity contribution in [1.82, 2.24) is 5.32 Å². The molecule has 1 atom stereocenters. The maximum Gasteiger partial charge on any atom is 0.234 e. The number of hydrogen-bond donors (Lipinski definition) is 2. The number of carbonyl (C=O) groups excluding carboxylic acids is 1. The van der Waals surface area contributed by atoms with Crippen molar-refractivity contribution in [3.63, 3.8) is 0 Å². The van der Waals surface area contributed by atoms with Crippen molar-refractivity contribution in [3.8, 4) is 0 Å². The molecule has 0 aliphatic rings. The first-order chi connectivity index (χ1) is 7.93. The molecule has 0 spiro atoms. The van der Waals surface area contributed by atoms with E-state index in [4.69, 9.17) is 5.73 Å². The zero-order valence-corrected chi connectivity index (χ0v) is 11.1. The van der Waals surface area contributed by atoms with Crippen molar-refractivity contribution < 1.29 is 4.79 Å². The van der Waals surface area contributed by atoms with E-state index in [1.165, 1.54) is 16.7 Å². The third kappa shape index (κ3) is 3.56. The van der Waals surface area contributed by atoms with Crippen molar-refractivity contribution in [2.45, 2.75) is 40.3 Å². The fourth-order valence-corrected chi connectivity index (χ4v) is 2.00. The first-order valence-electron chi connectivity index (χ1n) is 6.01. The number of amides is 1. The van der Waals surface area contributed by atoms with E-state index in [-0.39, 0.29) is 17.9 Å². The number of aryl methyl sites for hydroxylation is 2. The van der Waals surface area contributed by atoms with Crippen molar-refractivity contribution in [3.05, 3.63) is 34.9 Å². The molecule has 1 aromatic rings. The molecule has 0 saturated heterocycles. The van der Waals surface area contributed by atoms with Crippen LogP contribution in [-0.4, -0.2) is 11.9 Å². The van der Waals surface area contributed by atoms with Crippen LogP contribution >= 0.6 is 0 Å². The number of carbonyl (C=O) groups is 1. The van der Waals surface area contributed by atoms with Crippen LogP contribution in [-0.2, 0) is 11.3 Å². The Balaban J connectivity index is 2.75. The fourth-order valence-electron chi connectivity index (χ4n) is 2.00. The normalized spacial score (nSPS) is 12.8. The molecule has 0 radical (unpaired) electrons. The van der Waals surface area contributed by atoms with Gasteiger partial charge in [-0.15, -0.1) is 0 Å². The van der Waals surface area contributed by atoms with E-state index < -0.39 is 0 Å². The van der Waals surface area contributed by atoms with Crippen LogP contribution in [0.4, 0.5) is 0 Å². The van der Waals surface area contributed by atoms with Gasteiger partial charge in [-0.05, 0) is 36.5 Å². The summed E-state index contributed by atoms with van der Waals surface area (Å²) in [6.45, 7) is 8.84. The molecule has 3 N–H and O–H groups in total. The predicted octanol–water partition coefficient (Wildman–Crippen LogP) is 1.90. The summed E-state index contributed by atoms with van der Waals surface area (Å²) in [7, 11) is 0. The summed E-state index contributed by atoms with van der Waals surface area (Å²) in [6.07, 6.45) is 0. The third-order valence-electron chi connectivity index (χ3n) is 3.12. The van der Waals surface area contributed by atoms with E-state index in [1.54, 1.807) is 0 Å². The van der Waals surface area contributed by atoms with Crippen LogP contribution < -0.4 is 11.1 Å². The van der Waals surface area contributed by atoms with Crippen LogP contribution in [0.1, 0.15) is 30.5 Å². The van der Waals surface area contributed by atoms with Gasteiger partial charge in [0, 0.05) is 6.54 Å². The lowest BCUT2D eigenvalue weighted by Gasteiger charge is -2.20. The van der Waals surface area contributed by atoms with Crippen LogP contribution in [0.3, 0.4) is 0 Å². The highest BCUT2D eigenvalue weighted by Gasteiger charge is 2.18. The molecule has 0 aliphatic heterocycles. The zero-order chi connectivity index (χ0) is 13.0. The highest BCUT2D eigenvalue weighted by atomic mass is 16.1. The summed E-state index contributed by atoms with van der Waals surface area (Å²) in [6, 6.07) is 5.94. The molecule has 0 bridgehead atoms. The molecule has 1 aromatic carbocycles. The number of hydrogen-bond acceptors (Lipinski definition) is 2. The molecule has 3 nitrogen and oxygen atoms in total. The Morgan fingerprint density at radius 2 is 1.82 bits per heavy atom. The smallest absolute Gasteiger partial charge is 0.234 e. The maximum absolute atomic E-state index is 11.3. The van der Waals surface area contributed by atoms with Gasteiger partial charge in [0.1, 0.15) is 0 Å². The lowest BCUT2D eigenvalue weighted by atomic mass is 10.0. The second-order valence-corrected chi connectivity index (χ2v) is 4.88. The Kier molecular flexibility index (Phi) is 4.70. The average Bonchev–Trinajstić information content (AvgIpc) is 2.21. The lowest BCUT2D eigenvalue weighted by molar-refractivity contribution is -0.121. The van der Waals surface area contributed by atoms with Gasteiger partial charge >= 0.3 is 0 Å². The molecule has 1 unspecified atom stereocenters. The summed E-state index contributed by atoms with van der Waals surface area (Å²) in [5, 5.41) is 3.24. The van der Waals surface area contributed by atoms with Gasteiger partial charge in [0.05, 0.1) is 6.04 Å². The number of nitrogens with one attached hydrogen (secondary N) is 1. The second kappa shape index (κ2) is 5.82. The largest absolute Gasteiger partial charge is 0.368 e. The van der Waals surface area contributed by atoms with Crippen molar-refractivity contribution in [2.75, 3.05) is 0 Å². The van der Waals surface area contributed by atoms with Crippen molar-refractivity contribution in [2.24, 2.45) is 11.7 Å². The number of primary amides is 1. The topological polar surface area (TPSA) is 55.1 Å². The Morgan fingerprint density at radius 3 is 2.24 bits per heavy atom. The first-order valence-corrected chi connectivity index (χ1v) is 6.01. The van der Waals surface area contributed by atoms with E-state index in [0.29, 0.717) is 6.54 Å². The highest BCUT2D eigenvalue weighted by molar-refractivity contribution is 5.80. The van der Waals surface area contributed by atoms with E-state index >= 15 is 0 Å². The SMILES string of the molecule is Cc1cccc(C)c1CNC(C(N)=O)C(C)C. The van der Waals surface area contributed by atoms with Crippen molar-refractivity contribution >= 4 is 5.91 Å². The van der Waals surface area contributed by atoms with E-state index in [2.05, 4.69) is 31.3 Å². The van der Waals surface area contributed by atoms with E-state index in [9.17, 15) is 4.79 Å². The van der Waals surface area contributed by atoms with Gasteiger partial charge in [-0.1, -0.05) is 32.0 Å². The van der Waals surface area contributed by atoms with Crippen LogP contribution in [0.15, 0.2) is 18.2 Å². The van der Waals surface area contributed by atoms with Crippen LogP contribution in [0.2, 0.25) is 0 Å². The Labute approximate surface area is 103 Å². The van der Waals surface area contributed by atoms with Gasteiger partial charge in [-0.25, -0.2) is 0 Å². The summed E-state index contributed by atoms with van der Waals surface area (Å²) in [4.78, 5) is 11.3. The molecular formula is C14H22N2O. The zero-order valence-electron chi connectivity index (χ0n) is 11.1. The Hall–Kier alpha value is -1.35. The van der Waals surface area contributed by atoms with Crippen LogP contribution in [0, 0.1) is 19.8 Å². The van der Waals surface area contributed by atoms with Gasteiger partial charge in [0.25, 0.3) is 0 Å². The van der Waals surface area contributed by atoms with Gasteiger partial charge in [0.15, 0.2) is 0 Å². The summed E-state index contributed by atoms with van der Waals surface area (Å²) < 4.78 is 0. The monoisotopic (exact) mass is 234 g/mol. The van der Waals surface area contributed by atoms with Gasteiger partial charge in [0.2, 0.25) is 5.91 Å². The molecule has 1 amide bonds.